The number of ether oxygens (including phenoxy) is 1. The van der Waals surface area contributed by atoms with Gasteiger partial charge in [0.1, 0.15) is 6.61 Å². The van der Waals surface area contributed by atoms with E-state index in [1.54, 1.807) is 0 Å². The molecular weight excluding hydrogens is 372 g/mol. The number of carbonyl (C=O) groups excluding carboxylic acids is 1. The van der Waals surface area contributed by atoms with Crippen molar-refractivity contribution in [2.75, 3.05) is 19.7 Å². The van der Waals surface area contributed by atoms with Gasteiger partial charge in [-0.1, -0.05) is 53.6 Å². The van der Waals surface area contributed by atoms with Crippen molar-refractivity contribution >= 4 is 12.1 Å². The molecule has 4 rings (SSSR count). The molecule has 2 aliphatic rings. The second kappa shape index (κ2) is 7.85. The van der Waals surface area contributed by atoms with Crippen molar-refractivity contribution in [3.63, 3.8) is 0 Å². The van der Waals surface area contributed by atoms with Gasteiger partial charge >= 0.3 is 12.1 Å². The summed E-state index contributed by atoms with van der Waals surface area (Å²) < 4.78 is 5.61. The van der Waals surface area contributed by atoms with Crippen molar-refractivity contribution in [1.82, 2.24) is 4.90 Å². The van der Waals surface area contributed by atoms with E-state index in [2.05, 4.69) is 22.2 Å². The van der Waals surface area contributed by atoms with Crippen LogP contribution in [0.25, 0.3) is 21.6 Å². The van der Waals surface area contributed by atoms with Crippen LogP contribution < -0.4 is 0 Å². The van der Waals surface area contributed by atoms with Gasteiger partial charge in [0.25, 0.3) is 0 Å². The Hall–Kier alpha value is -3.51. The van der Waals surface area contributed by atoms with Gasteiger partial charge in [0, 0.05) is 23.9 Å². The summed E-state index contributed by atoms with van der Waals surface area (Å²) in [5.41, 5.74) is 13.2. The monoisotopic (exact) mass is 392 g/mol. The SMILES string of the molecule is [N-]=[N+]=N[C@H]1CN(C(=O)OCC2c3ccccc3-c3ccccc32)CC[C@H]1C(=O)O. The van der Waals surface area contributed by atoms with Gasteiger partial charge in [0.05, 0.1) is 12.0 Å². The van der Waals surface area contributed by atoms with Gasteiger partial charge in [-0.3, -0.25) is 4.79 Å². The fourth-order valence-corrected chi connectivity index (χ4v) is 4.25. The highest BCUT2D eigenvalue weighted by atomic mass is 16.6. The van der Waals surface area contributed by atoms with Crippen LogP contribution in [0.15, 0.2) is 53.6 Å². The zero-order valence-electron chi connectivity index (χ0n) is 15.6. The molecule has 0 aromatic heterocycles. The lowest BCUT2D eigenvalue weighted by molar-refractivity contribution is -0.143. The van der Waals surface area contributed by atoms with E-state index >= 15 is 0 Å². The molecule has 2 aromatic rings. The summed E-state index contributed by atoms with van der Waals surface area (Å²) >= 11 is 0. The van der Waals surface area contributed by atoms with Crippen molar-refractivity contribution in [2.24, 2.45) is 11.0 Å². The van der Waals surface area contributed by atoms with Gasteiger partial charge in [0.15, 0.2) is 0 Å². The Kier molecular flexibility index (Phi) is 5.10. The van der Waals surface area contributed by atoms with Crippen molar-refractivity contribution < 1.29 is 19.4 Å². The molecule has 1 amide bonds. The molecule has 0 bridgehead atoms. The quantitative estimate of drug-likeness (QED) is 0.480. The smallest absolute Gasteiger partial charge is 0.409 e. The molecule has 0 radical (unpaired) electrons. The Morgan fingerprint density at radius 2 is 1.76 bits per heavy atom. The molecule has 1 aliphatic carbocycles. The number of azide groups is 1. The van der Waals surface area contributed by atoms with Gasteiger partial charge in [-0.25, -0.2) is 4.79 Å². The van der Waals surface area contributed by atoms with Crippen LogP contribution in [-0.2, 0) is 9.53 Å². The number of rotatable bonds is 4. The Balaban J connectivity index is 1.46. The summed E-state index contributed by atoms with van der Waals surface area (Å²) in [6.07, 6.45) is -0.294. The van der Waals surface area contributed by atoms with Crippen LogP contribution in [0.4, 0.5) is 4.79 Å². The van der Waals surface area contributed by atoms with E-state index in [1.807, 2.05) is 36.4 Å². The first-order valence-electron chi connectivity index (χ1n) is 9.47. The summed E-state index contributed by atoms with van der Waals surface area (Å²) in [6, 6.07) is 15.4. The van der Waals surface area contributed by atoms with E-state index in [0.29, 0.717) is 0 Å². The Bertz CT molecular complexity index is 956. The first kappa shape index (κ1) is 18.8. The molecule has 1 heterocycles. The third-order valence-electron chi connectivity index (χ3n) is 5.69. The average molecular weight is 392 g/mol. The topological polar surface area (TPSA) is 116 Å². The van der Waals surface area contributed by atoms with Crippen LogP contribution in [-0.4, -0.2) is 47.8 Å². The van der Waals surface area contributed by atoms with Crippen molar-refractivity contribution in [1.29, 1.82) is 0 Å². The lowest BCUT2D eigenvalue weighted by Crippen LogP contribution is -2.48. The van der Waals surface area contributed by atoms with E-state index < -0.39 is 24.0 Å². The van der Waals surface area contributed by atoms with E-state index in [4.69, 9.17) is 10.3 Å². The minimum absolute atomic E-state index is 0.0394. The molecule has 8 nitrogen and oxygen atoms in total. The average Bonchev–Trinajstić information content (AvgIpc) is 3.06. The highest BCUT2D eigenvalue weighted by molar-refractivity contribution is 5.79. The molecule has 148 valence electrons. The van der Waals surface area contributed by atoms with Crippen molar-refractivity contribution in [2.45, 2.75) is 18.4 Å². The maximum atomic E-state index is 12.6. The molecule has 2 aromatic carbocycles. The van der Waals surface area contributed by atoms with Gasteiger partial charge in [-0.2, -0.15) is 0 Å². The normalized spacial score (nSPS) is 20.3. The first-order valence-corrected chi connectivity index (χ1v) is 9.47. The second-order valence-corrected chi connectivity index (χ2v) is 7.26. The number of benzene rings is 2. The predicted molar refractivity (Wildman–Crippen MR) is 105 cm³/mol. The Morgan fingerprint density at radius 3 is 2.34 bits per heavy atom. The number of likely N-dealkylation sites (tertiary alicyclic amines) is 1. The molecular formula is C21H20N4O4. The van der Waals surface area contributed by atoms with Crippen LogP contribution in [0.2, 0.25) is 0 Å². The summed E-state index contributed by atoms with van der Waals surface area (Å²) in [5, 5.41) is 12.8. The number of hydrogen-bond acceptors (Lipinski definition) is 4. The molecule has 1 aliphatic heterocycles. The molecule has 1 fully saturated rings. The zero-order valence-corrected chi connectivity index (χ0v) is 15.6. The number of amides is 1. The highest BCUT2D eigenvalue weighted by Gasteiger charge is 2.36. The highest BCUT2D eigenvalue weighted by Crippen LogP contribution is 2.44. The van der Waals surface area contributed by atoms with Crippen LogP contribution in [0.5, 0.6) is 0 Å². The van der Waals surface area contributed by atoms with Crippen molar-refractivity contribution in [3.05, 3.63) is 70.1 Å². The number of fused-ring (bicyclic) bond motifs is 3. The number of carboxylic acid groups (broad SMARTS) is 1. The van der Waals surface area contributed by atoms with Gasteiger partial charge in [-0.15, -0.1) is 0 Å². The number of carbonyl (C=O) groups is 2. The maximum absolute atomic E-state index is 12.6. The van der Waals surface area contributed by atoms with Gasteiger partial charge in [-0.05, 0) is 34.2 Å². The number of aliphatic carboxylic acids is 1. The largest absolute Gasteiger partial charge is 0.481 e. The van der Waals surface area contributed by atoms with Gasteiger partial charge < -0.3 is 14.7 Å². The molecule has 29 heavy (non-hydrogen) atoms. The van der Waals surface area contributed by atoms with E-state index in [9.17, 15) is 14.7 Å². The van der Waals surface area contributed by atoms with E-state index in [-0.39, 0.29) is 32.0 Å². The second-order valence-electron chi connectivity index (χ2n) is 7.26. The Morgan fingerprint density at radius 1 is 1.14 bits per heavy atom. The first-order chi connectivity index (χ1) is 14.1. The molecule has 2 atom stereocenters. The lowest BCUT2D eigenvalue weighted by Gasteiger charge is -2.33. The third-order valence-corrected chi connectivity index (χ3v) is 5.69. The number of carboxylic acids is 1. The van der Waals surface area contributed by atoms with Crippen LogP contribution >= 0.6 is 0 Å². The molecule has 1 saturated heterocycles. The molecule has 0 spiro atoms. The summed E-state index contributed by atoms with van der Waals surface area (Å²) in [5.74, 6) is -1.85. The zero-order chi connectivity index (χ0) is 20.4. The fraction of sp³-hybridized carbons (Fsp3) is 0.333. The lowest BCUT2D eigenvalue weighted by atomic mass is 9.92. The predicted octanol–water partition coefficient (Wildman–Crippen LogP) is 4.02. The molecule has 0 unspecified atom stereocenters. The number of piperidine rings is 1. The van der Waals surface area contributed by atoms with Crippen LogP contribution in [0.3, 0.4) is 0 Å². The maximum Gasteiger partial charge on any atom is 0.409 e. The van der Waals surface area contributed by atoms with Crippen LogP contribution in [0, 0.1) is 5.92 Å². The molecule has 1 N–H and O–H groups in total. The van der Waals surface area contributed by atoms with E-state index in [0.717, 1.165) is 22.3 Å². The third kappa shape index (κ3) is 3.50. The minimum Gasteiger partial charge on any atom is -0.481 e. The number of hydrogen-bond donors (Lipinski definition) is 1. The summed E-state index contributed by atoms with van der Waals surface area (Å²) in [7, 11) is 0. The Labute approximate surface area is 167 Å². The summed E-state index contributed by atoms with van der Waals surface area (Å²) in [4.78, 5) is 28.1. The summed E-state index contributed by atoms with van der Waals surface area (Å²) in [6.45, 7) is 0.487. The molecule has 0 saturated carbocycles. The van der Waals surface area contributed by atoms with Crippen LogP contribution in [0.1, 0.15) is 23.5 Å². The van der Waals surface area contributed by atoms with Gasteiger partial charge in [0.2, 0.25) is 0 Å². The fourth-order valence-electron chi connectivity index (χ4n) is 4.25. The number of nitrogens with zero attached hydrogens (tertiary/aromatic N) is 4. The minimum atomic E-state index is -1.02. The van der Waals surface area contributed by atoms with E-state index in [1.165, 1.54) is 4.90 Å². The van der Waals surface area contributed by atoms with Crippen molar-refractivity contribution in [3.8, 4) is 11.1 Å². The molecule has 8 heteroatoms. The standard InChI is InChI=1S/C21H20N4O4/c22-24-23-19-11-25(10-9-17(19)20(26)27)21(28)29-12-18-15-7-3-1-5-13(15)14-6-2-4-8-16(14)18/h1-8,17-19H,9-12H2,(H,26,27)/t17-,19+/m1/s1.